The van der Waals surface area contributed by atoms with Crippen LogP contribution in [0, 0.1) is 4.77 Å². The van der Waals surface area contributed by atoms with E-state index < -0.39 is 17.6 Å². The minimum Gasteiger partial charge on any atom is -0.377 e. The lowest BCUT2D eigenvalue weighted by molar-refractivity contribution is 0.123. The van der Waals surface area contributed by atoms with Gasteiger partial charge in [0.1, 0.15) is 0 Å². The van der Waals surface area contributed by atoms with Crippen LogP contribution in [0.15, 0.2) is 42.1 Å². The average molecular weight is 677 g/mol. The summed E-state index contributed by atoms with van der Waals surface area (Å²) >= 11 is 8.60. The van der Waals surface area contributed by atoms with Gasteiger partial charge in [-0.05, 0) is 41.6 Å². The van der Waals surface area contributed by atoms with Crippen molar-refractivity contribution in [1.82, 2.24) is 19.9 Å². The quantitative estimate of drug-likeness (QED) is 0.0574. The maximum absolute atomic E-state index is 5.34. The number of aromatic nitrogens is 4. The molecule has 2 aromatic rings. The molecule has 0 atom stereocenters. The Labute approximate surface area is 234 Å². The van der Waals surface area contributed by atoms with Crippen LogP contribution in [0.2, 0.25) is 12.1 Å². The van der Waals surface area contributed by atoms with E-state index in [4.69, 9.17) is 26.6 Å². The maximum Gasteiger partial charge on any atom is 0.500 e. The molecule has 2 heterocycles. The number of alkyl halides is 1. The Hall–Kier alpha value is -0.346. The van der Waals surface area contributed by atoms with Crippen LogP contribution >= 0.6 is 46.6 Å². The normalized spacial score (nSPS) is 11.2. The van der Waals surface area contributed by atoms with Gasteiger partial charge in [0, 0.05) is 85.3 Å². The number of rotatable bonds is 14. The van der Waals surface area contributed by atoms with Gasteiger partial charge in [-0.2, -0.15) is 0 Å². The van der Waals surface area contributed by atoms with Crippen molar-refractivity contribution < 1.29 is 26.6 Å². The average Bonchev–Trinajstić information content (AvgIpc) is 2.92. The zero-order valence-corrected chi connectivity index (χ0v) is 27.0. The van der Waals surface area contributed by atoms with Gasteiger partial charge >= 0.3 is 17.6 Å². The van der Waals surface area contributed by atoms with Crippen LogP contribution in [0.5, 0.6) is 0 Å². The molecule has 35 heavy (non-hydrogen) atoms. The van der Waals surface area contributed by atoms with E-state index in [9.17, 15) is 0 Å². The van der Waals surface area contributed by atoms with Crippen LogP contribution in [0.1, 0.15) is 12.8 Å². The molecule has 0 radical (unpaired) electrons. The lowest BCUT2D eigenvalue weighted by Crippen LogP contribution is -2.42. The van der Waals surface area contributed by atoms with Gasteiger partial charge in [-0.15, -0.1) is 0 Å². The van der Waals surface area contributed by atoms with E-state index in [1.54, 1.807) is 85.3 Å². The molecule has 10 nitrogen and oxygen atoms in total. The van der Waals surface area contributed by atoms with Crippen LogP contribution in [-0.2, 0) is 26.6 Å². The highest BCUT2D eigenvalue weighted by Crippen LogP contribution is 2.19. The zero-order valence-electron chi connectivity index (χ0n) is 21.2. The number of halogens is 1. The zero-order chi connectivity index (χ0) is 26.4. The Morgan fingerprint density at radius 2 is 1.29 bits per heavy atom. The molecule has 0 saturated carbocycles. The van der Waals surface area contributed by atoms with Gasteiger partial charge in [0.2, 0.25) is 0 Å². The fraction of sp³-hybridized carbons (Fsp3) is 0.600. The molecule has 15 heteroatoms. The molecular formula is C20H37IN4O6S2Si2. The molecule has 200 valence electrons. The first-order valence-electron chi connectivity index (χ1n) is 10.7. The Bertz CT molecular complexity index is 774. The second-order valence-electron chi connectivity index (χ2n) is 6.45. The Morgan fingerprint density at radius 1 is 0.800 bits per heavy atom. The summed E-state index contributed by atoms with van der Waals surface area (Å²) in [6, 6.07) is 5.30. The Morgan fingerprint density at radius 3 is 1.66 bits per heavy atom. The maximum atomic E-state index is 5.34. The molecular weight excluding hydrogens is 639 g/mol. The minimum absolute atomic E-state index is 0.530. The van der Waals surface area contributed by atoms with E-state index in [1.165, 1.54) is 0 Å². The van der Waals surface area contributed by atoms with Gasteiger partial charge in [0.25, 0.3) is 0 Å². The highest BCUT2D eigenvalue weighted by molar-refractivity contribution is 14.1. The van der Waals surface area contributed by atoms with E-state index in [0.29, 0.717) is 4.77 Å². The number of H-pyrrole nitrogens is 1. The second-order valence-corrected chi connectivity index (χ2v) is 15.2. The molecule has 0 spiro atoms. The molecule has 0 aliphatic carbocycles. The van der Waals surface area contributed by atoms with Crippen molar-refractivity contribution in [3.05, 3.63) is 41.7 Å². The first-order valence-corrected chi connectivity index (χ1v) is 17.4. The number of hydrogen-bond acceptors (Lipinski definition) is 11. The molecule has 1 N–H and O–H groups in total. The van der Waals surface area contributed by atoms with Crippen LogP contribution < -0.4 is 0 Å². The van der Waals surface area contributed by atoms with E-state index in [2.05, 4.69) is 54.7 Å². The van der Waals surface area contributed by atoms with Crippen molar-refractivity contribution in [1.29, 1.82) is 0 Å². The van der Waals surface area contributed by atoms with Crippen LogP contribution in [0.25, 0.3) is 0 Å². The van der Waals surface area contributed by atoms with E-state index in [1.807, 2.05) is 6.07 Å². The minimum atomic E-state index is -2.41. The van der Waals surface area contributed by atoms with Gasteiger partial charge in [-0.3, -0.25) is 0 Å². The van der Waals surface area contributed by atoms with Crippen molar-refractivity contribution in [2.45, 2.75) is 30.1 Å². The molecule has 0 unspecified atom stereocenters. The summed E-state index contributed by atoms with van der Waals surface area (Å²) in [6.07, 6.45) is 8.92. The number of aromatic amines is 1. The van der Waals surface area contributed by atoms with Crippen molar-refractivity contribution in [2.24, 2.45) is 0 Å². The first-order chi connectivity index (χ1) is 16.9. The van der Waals surface area contributed by atoms with Gasteiger partial charge in [-0.25, -0.2) is 15.0 Å². The number of nitrogens with zero attached hydrogens (tertiary/aromatic N) is 3. The van der Waals surface area contributed by atoms with Gasteiger partial charge in [0.05, 0.1) is 0 Å². The number of nitrogens with one attached hydrogen (secondary N) is 1. The van der Waals surface area contributed by atoms with Gasteiger partial charge < -0.3 is 31.5 Å². The molecule has 0 fully saturated rings. The van der Waals surface area contributed by atoms with E-state index in [0.717, 1.165) is 40.3 Å². The predicted octanol–water partition coefficient (Wildman–Crippen LogP) is 4.67. The lowest BCUT2D eigenvalue weighted by atomic mass is 10.6. The SMILES string of the molecule is CO[Si](CCCI)(OC)OC.CO[Si](CCCSc1ncccn1)(OC)OC.S=c1nccc[nH]1. The summed E-state index contributed by atoms with van der Waals surface area (Å²) in [5, 5.41) is 0.798. The Kier molecular flexibility index (Phi) is 21.5. The van der Waals surface area contributed by atoms with Gasteiger partial charge in [-0.1, -0.05) is 34.4 Å². The lowest BCUT2D eigenvalue weighted by Gasteiger charge is -2.23. The van der Waals surface area contributed by atoms with Crippen LogP contribution in [0.3, 0.4) is 0 Å². The topological polar surface area (TPSA) is 110 Å². The fourth-order valence-corrected chi connectivity index (χ4v) is 8.19. The smallest absolute Gasteiger partial charge is 0.377 e. The number of hydrogen-bond donors (Lipinski definition) is 1. The summed E-state index contributed by atoms with van der Waals surface area (Å²) in [5.74, 6) is 0.925. The van der Waals surface area contributed by atoms with E-state index in [-0.39, 0.29) is 0 Å². The van der Waals surface area contributed by atoms with Crippen molar-refractivity contribution in [2.75, 3.05) is 52.8 Å². The summed E-state index contributed by atoms with van der Waals surface area (Å²) in [4.78, 5) is 14.8. The summed E-state index contributed by atoms with van der Waals surface area (Å²) in [7, 11) is 5.18. The monoisotopic (exact) mass is 676 g/mol. The second kappa shape index (κ2) is 21.7. The first kappa shape index (κ1) is 34.7. The fourth-order valence-electron chi connectivity index (χ4n) is 2.52. The molecule has 0 aliphatic heterocycles. The standard InChI is InChI=1S/C10H18N2O3SSi.C6H15IO3Si.C4H4N2S/c1-13-17(14-2,15-3)9-5-8-16-10-11-6-4-7-12-10;1-8-11(9-2,10-3)6-4-5-7;7-4-5-2-1-3-6-4/h4,6-7H,5,8-9H2,1-3H3;4-6H2,1-3H3;1-3H,(H,5,6,7). The molecule has 2 rings (SSSR count). The van der Waals surface area contributed by atoms with Crippen molar-refractivity contribution in [3.63, 3.8) is 0 Å². The third kappa shape index (κ3) is 15.5. The third-order valence-electron chi connectivity index (χ3n) is 4.46. The summed E-state index contributed by atoms with van der Waals surface area (Å²) in [5.41, 5.74) is 0. The molecule has 0 aliphatic rings. The predicted molar refractivity (Wildman–Crippen MR) is 153 cm³/mol. The van der Waals surface area contributed by atoms with Crippen molar-refractivity contribution in [3.8, 4) is 0 Å². The van der Waals surface area contributed by atoms with Crippen LogP contribution in [0.4, 0.5) is 0 Å². The highest BCUT2D eigenvalue weighted by atomic mass is 127. The molecule has 0 amide bonds. The summed E-state index contributed by atoms with van der Waals surface area (Å²) < 4.78 is 33.4. The molecule has 0 saturated heterocycles. The summed E-state index contributed by atoms with van der Waals surface area (Å²) in [6.45, 7) is 0. The molecule has 0 bridgehead atoms. The highest BCUT2D eigenvalue weighted by Gasteiger charge is 2.37. The van der Waals surface area contributed by atoms with E-state index >= 15 is 0 Å². The Balaban J connectivity index is 0.000000548. The molecule has 2 aromatic heterocycles. The van der Waals surface area contributed by atoms with Crippen molar-refractivity contribution >= 4 is 64.2 Å². The third-order valence-corrected chi connectivity index (χ3v) is 12.1. The largest absolute Gasteiger partial charge is 0.500 e. The molecule has 0 aromatic carbocycles. The van der Waals surface area contributed by atoms with Gasteiger partial charge in [0.15, 0.2) is 9.93 Å². The van der Waals surface area contributed by atoms with Crippen LogP contribution in [-0.4, -0.2) is 90.4 Å². The number of thioether (sulfide) groups is 1.